The van der Waals surface area contributed by atoms with Crippen molar-refractivity contribution in [2.24, 2.45) is 47.3 Å². The van der Waals surface area contributed by atoms with E-state index >= 15 is 0 Å². The summed E-state index contributed by atoms with van der Waals surface area (Å²) < 4.78 is 0. The third-order valence-corrected chi connectivity index (χ3v) is 10.0. The second kappa shape index (κ2) is 10.0. The fourth-order valence-electron chi connectivity index (χ4n) is 8.15. The van der Waals surface area contributed by atoms with Crippen molar-refractivity contribution in [1.29, 1.82) is 0 Å². The number of nitrogens with zero attached hydrogens (tertiary/aromatic N) is 4. The monoisotopic (exact) mass is 498 g/mol. The van der Waals surface area contributed by atoms with Crippen molar-refractivity contribution >= 4 is 23.6 Å². The molecule has 6 rings (SSSR count). The van der Waals surface area contributed by atoms with Gasteiger partial charge in [0.15, 0.2) is 0 Å². The minimum Gasteiger partial charge on any atom is -0.304 e. The lowest BCUT2D eigenvalue weighted by molar-refractivity contribution is -0.166. The van der Waals surface area contributed by atoms with Gasteiger partial charge in [0, 0.05) is 13.1 Å². The molecule has 0 N–H and O–H groups in total. The molecule has 2 bridgehead atoms. The third kappa shape index (κ3) is 3.70. The lowest BCUT2D eigenvalue weighted by atomic mass is 9.40. The van der Waals surface area contributed by atoms with Crippen molar-refractivity contribution in [2.75, 3.05) is 52.4 Å². The van der Waals surface area contributed by atoms with Gasteiger partial charge in [0.2, 0.25) is 23.6 Å². The zero-order valence-corrected chi connectivity index (χ0v) is 22.3. The number of carbonyl (C=O) groups is 4. The van der Waals surface area contributed by atoms with Crippen molar-refractivity contribution in [3.05, 3.63) is 12.2 Å². The summed E-state index contributed by atoms with van der Waals surface area (Å²) in [6.07, 6.45) is 5.74. The van der Waals surface area contributed by atoms with Gasteiger partial charge in [0.05, 0.1) is 23.7 Å². The molecule has 6 aliphatic rings. The van der Waals surface area contributed by atoms with Gasteiger partial charge in [-0.1, -0.05) is 39.8 Å². The van der Waals surface area contributed by atoms with E-state index in [1.54, 1.807) is 0 Å². The molecule has 0 aromatic heterocycles. The Morgan fingerprint density at radius 1 is 0.583 bits per heavy atom. The predicted octanol–water partition coefficient (Wildman–Crippen LogP) is 1.71. The SMILES string of the molecule is CCN(CC)CCCN1C(=O)[C@@H]2[C@@H](C1=O)[C@H]1[C@H]3C=C[C@H]([C@H]4C(=O)N(CCCN(CC)CC)C(=O)[C@@H]34)[C@H]21. The number of imide groups is 2. The zero-order valence-electron chi connectivity index (χ0n) is 22.3. The van der Waals surface area contributed by atoms with Crippen molar-refractivity contribution < 1.29 is 19.2 Å². The van der Waals surface area contributed by atoms with Crippen LogP contribution in [0.5, 0.6) is 0 Å². The Kier molecular flexibility index (Phi) is 7.11. The highest BCUT2D eigenvalue weighted by Crippen LogP contribution is 2.68. The van der Waals surface area contributed by atoms with Gasteiger partial charge in [-0.25, -0.2) is 0 Å². The maximum Gasteiger partial charge on any atom is 0.233 e. The Labute approximate surface area is 215 Å². The van der Waals surface area contributed by atoms with Crippen LogP contribution >= 0.6 is 0 Å². The molecule has 2 heterocycles. The van der Waals surface area contributed by atoms with Crippen LogP contribution in [0.2, 0.25) is 0 Å². The lowest BCUT2D eigenvalue weighted by Crippen LogP contribution is -2.63. The quantitative estimate of drug-likeness (QED) is 0.301. The van der Waals surface area contributed by atoms with Crippen LogP contribution in [0.4, 0.5) is 0 Å². The van der Waals surface area contributed by atoms with Crippen molar-refractivity contribution in [1.82, 2.24) is 19.6 Å². The molecule has 0 aromatic rings. The molecule has 36 heavy (non-hydrogen) atoms. The zero-order chi connectivity index (χ0) is 25.7. The topological polar surface area (TPSA) is 81.2 Å². The van der Waals surface area contributed by atoms with Crippen LogP contribution in [0.3, 0.4) is 0 Å². The standard InChI is InChI=1S/C28H42N4O4/c1-5-29(6-2)13-9-15-31-25(33)21-17-11-12-18(22(21)26(31)34)20-19(17)23-24(20)28(36)32(27(23)35)16-10-14-30(7-3)8-4/h11-12,17-24H,5-10,13-16H2,1-4H3/t17-,18+,19-,20-,21+,22-,23-,24-/m0/s1. The molecule has 198 valence electrons. The molecular weight excluding hydrogens is 456 g/mol. The van der Waals surface area contributed by atoms with Gasteiger partial charge in [-0.3, -0.25) is 29.0 Å². The summed E-state index contributed by atoms with van der Waals surface area (Å²) in [6.45, 7) is 15.0. The number of hydrogen-bond donors (Lipinski definition) is 0. The molecular formula is C28H42N4O4. The van der Waals surface area contributed by atoms with E-state index in [1.165, 1.54) is 9.80 Å². The second-order valence-electron chi connectivity index (χ2n) is 11.2. The van der Waals surface area contributed by atoms with E-state index in [1.807, 2.05) is 0 Å². The third-order valence-electron chi connectivity index (χ3n) is 10.0. The van der Waals surface area contributed by atoms with Crippen molar-refractivity contribution in [2.45, 2.75) is 40.5 Å². The molecule has 4 fully saturated rings. The summed E-state index contributed by atoms with van der Waals surface area (Å²) in [5.41, 5.74) is 0. The molecule has 8 nitrogen and oxygen atoms in total. The van der Waals surface area contributed by atoms with Gasteiger partial charge in [0.1, 0.15) is 0 Å². The van der Waals surface area contributed by atoms with E-state index in [-0.39, 0.29) is 71.0 Å². The molecule has 0 radical (unpaired) electrons. The fourth-order valence-corrected chi connectivity index (χ4v) is 8.15. The summed E-state index contributed by atoms with van der Waals surface area (Å²) in [5, 5.41) is 0. The Balaban J connectivity index is 1.28. The van der Waals surface area contributed by atoms with Gasteiger partial charge in [-0.2, -0.15) is 0 Å². The van der Waals surface area contributed by atoms with E-state index in [9.17, 15) is 19.2 Å². The molecule has 4 aliphatic carbocycles. The van der Waals surface area contributed by atoms with Crippen molar-refractivity contribution in [3.63, 3.8) is 0 Å². The van der Waals surface area contributed by atoms with E-state index in [4.69, 9.17) is 0 Å². The Hall–Kier alpha value is -2.06. The number of rotatable bonds is 12. The van der Waals surface area contributed by atoms with Gasteiger partial charge in [-0.15, -0.1) is 0 Å². The summed E-state index contributed by atoms with van der Waals surface area (Å²) >= 11 is 0. The fraction of sp³-hybridized carbons (Fsp3) is 0.786. The minimum absolute atomic E-state index is 0.0165. The van der Waals surface area contributed by atoms with Gasteiger partial charge >= 0.3 is 0 Å². The number of fused-ring (bicyclic) bond motifs is 1. The highest BCUT2D eigenvalue weighted by atomic mass is 16.2. The molecule has 2 saturated carbocycles. The normalized spacial score (nSPS) is 36.3. The van der Waals surface area contributed by atoms with E-state index in [0.29, 0.717) is 13.1 Å². The molecule has 4 amide bonds. The van der Waals surface area contributed by atoms with Gasteiger partial charge < -0.3 is 9.80 Å². The van der Waals surface area contributed by atoms with E-state index in [0.717, 1.165) is 52.1 Å². The molecule has 8 atom stereocenters. The molecule has 0 unspecified atom stereocenters. The molecule has 2 aliphatic heterocycles. The van der Waals surface area contributed by atoms with Crippen LogP contribution in [-0.2, 0) is 19.2 Å². The summed E-state index contributed by atoms with van der Waals surface area (Å²) in [6, 6.07) is 0. The van der Waals surface area contributed by atoms with Crippen LogP contribution < -0.4 is 0 Å². The van der Waals surface area contributed by atoms with Crippen LogP contribution in [0.15, 0.2) is 12.2 Å². The first-order valence-electron chi connectivity index (χ1n) is 14.2. The molecule has 0 spiro atoms. The van der Waals surface area contributed by atoms with E-state index < -0.39 is 0 Å². The number of hydrogen-bond acceptors (Lipinski definition) is 6. The highest BCUT2D eigenvalue weighted by Gasteiger charge is 2.74. The summed E-state index contributed by atoms with van der Waals surface area (Å²) in [7, 11) is 0. The minimum atomic E-state index is -0.359. The number of likely N-dealkylation sites (tertiary alicyclic amines) is 2. The van der Waals surface area contributed by atoms with Crippen LogP contribution in [0, 0.1) is 47.3 Å². The van der Waals surface area contributed by atoms with E-state index in [2.05, 4.69) is 49.6 Å². The van der Waals surface area contributed by atoms with Gasteiger partial charge in [-0.05, 0) is 75.8 Å². The largest absolute Gasteiger partial charge is 0.304 e. The number of carbonyl (C=O) groups excluding carboxylic acids is 4. The van der Waals surface area contributed by atoms with Gasteiger partial charge in [0.25, 0.3) is 0 Å². The summed E-state index contributed by atoms with van der Waals surface area (Å²) in [4.78, 5) is 61.3. The molecule has 0 aromatic carbocycles. The maximum absolute atomic E-state index is 13.5. The lowest BCUT2D eigenvalue weighted by Gasteiger charge is -2.60. The van der Waals surface area contributed by atoms with Crippen molar-refractivity contribution in [3.8, 4) is 0 Å². The maximum atomic E-state index is 13.5. The Bertz CT molecular complexity index is 886. The first-order chi connectivity index (χ1) is 17.4. The molecule has 8 heteroatoms. The average Bonchev–Trinajstić information content (AvgIpc) is 3.24. The first-order valence-corrected chi connectivity index (χ1v) is 14.2. The van der Waals surface area contributed by atoms with Crippen LogP contribution in [0.25, 0.3) is 0 Å². The number of allylic oxidation sites excluding steroid dienone is 2. The predicted molar refractivity (Wildman–Crippen MR) is 135 cm³/mol. The summed E-state index contributed by atoms with van der Waals surface area (Å²) in [5.74, 6) is -1.73. The Morgan fingerprint density at radius 3 is 1.25 bits per heavy atom. The second-order valence-corrected chi connectivity index (χ2v) is 11.2. The van der Waals surface area contributed by atoms with Crippen LogP contribution in [0.1, 0.15) is 40.5 Å². The average molecular weight is 499 g/mol. The van der Waals surface area contributed by atoms with Crippen LogP contribution in [-0.4, -0.2) is 95.6 Å². The number of amides is 4. The first kappa shape index (κ1) is 25.6. The Morgan fingerprint density at radius 2 is 0.917 bits per heavy atom. The smallest absolute Gasteiger partial charge is 0.233 e. The molecule has 2 saturated heterocycles. The highest BCUT2D eigenvalue weighted by molar-refractivity contribution is 6.09.